The van der Waals surface area contributed by atoms with Crippen molar-refractivity contribution < 1.29 is 9.53 Å². The summed E-state index contributed by atoms with van der Waals surface area (Å²) in [5.74, 6) is 1.48. The number of thioether (sulfide) groups is 1. The maximum absolute atomic E-state index is 12.6. The minimum absolute atomic E-state index is 0.126. The third kappa shape index (κ3) is 5.55. The topological polar surface area (TPSA) is 81.9 Å². The average molecular weight is 496 g/mol. The van der Waals surface area contributed by atoms with Crippen molar-refractivity contribution in [3.8, 4) is 5.75 Å². The van der Waals surface area contributed by atoms with E-state index in [0.29, 0.717) is 18.7 Å². The standard InChI is InChI=1S/C28H25N5O2S/c1-35-24-7-4-5-21(15-24)19-36-28-32-25-12-14-29-17-26(25)33(28)18-20-8-10-22(11-9-20)27(34)31-16-23-6-2-3-13-30-23/h2-15,17H,16,18-19H2,1H3,(H,31,34). The van der Waals surface area contributed by atoms with E-state index in [1.807, 2.05) is 72.9 Å². The molecule has 0 aliphatic rings. The molecule has 2 aromatic carbocycles. The molecule has 8 heteroatoms. The summed E-state index contributed by atoms with van der Waals surface area (Å²) < 4.78 is 7.52. The average Bonchev–Trinajstić information content (AvgIpc) is 3.28. The van der Waals surface area contributed by atoms with Crippen LogP contribution in [0, 0.1) is 0 Å². The highest BCUT2D eigenvalue weighted by atomic mass is 32.2. The summed E-state index contributed by atoms with van der Waals surface area (Å²) in [7, 11) is 1.67. The van der Waals surface area contributed by atoms with Crippen molar-refractivity contribution in [1.82, 2.24) is 24.8 Å². The van der Waals surface area contributed by atoms with Gasteiger partial charge in [0.2, 0.25) is 0 Å². The van der Waals surface area contributed by atoms with Crippen molar-refractivity contribution in [2.45, 2.75) is 24.0 Å². The predicted octanol–water partition coefficient (Wildman–Crippen LogP) is 5.11. The second kappa shape index (κ2) is 11.0. The van der Waals surface area contributed by atoms with Gasteiger partial charge in [-0.2, -0.15) is 0 Å². The van der Waals surface area contributed by atoms with Crippen LogP contribution in [0.25, 0.3) is 11.0 Å². The Bertz CT molecular complexity index is 1470. The summed E-state index contributed by atoms with van der Waals surface area (Å²) in [5.41, 5.74) is 5.55. The van der Waals surface area contributed by atoms with E-state index in [4.69, 9.17) is 9.72 Å². The number of hydrogen-bond donors (Lipinski definition) is 1. The number of imidazole rings is 1. The maximum atomic E-state index is 12.6. The summed E-state index contributed by atoms with van der Waals surface area (Å²) in [6.45, 7) is 1.02. The molecule has 1 N–H and O–H groups in total. The molecule has 7 nitrogen and oxygen atoms in total. The molecule has 36 heavy (non-hydrogen) atoms. The first-order chi connectivity index (χ1) is 17.7. The van der Waals surface area contributed by atoms with Crippen LogP contribution in [-0.2, 0) is 18.8 Å². The number of nitrogens with one attached hydrogen (secondary N) is 1. The highest BCUT2D eigenvalue weighted by molar-refractivity contribution is 7.98. The molecule has 5 rings (SSSR count). The molecule has 180 valence electrons. The highest BCUT2D eigenvalue weighted by Crippen LogP contribution is 2.28. The summed E-state index contributed by atoms with van der Waals surface area (Å²) >= 11 is 1.68. The molecule has 3 aromatic heterocycles. The number of aromatic nitrogens is 4. The van der Waals surface area contributed by atoms with E-state index in [1.165, 1.54) is 0 Å². The molecule has 0 fully saturated rings. The summed E-state index contributed by atoms with van der Waals surface area (Å²) in [6, 6.07) is 23.3. The van der Waals surface area contributed by atoms with Crippen molar-refractivity contribution in [3.63, 3.8) is 0 Å². The smallest absolute Gasteiger partial charge is 0.251 e. The summed E-state index contributed by atoms with van der Waals surface area (Å²) in [5, 5.41) is 3.83. The van der Waals surface area contributed by atoms with Gasteiger partial charge in [0.25, 0.3) is 5.91 Å². The fourth-order valence-corrected chi connectivity index (χ4v) is 4.80. The SMILES string of the molecule is COc1cccc(CSc2nc3ccncc3n2Cc2ccc(C(=O)NCc3ccccn3)cc2)c1. The maximum Gasteiger partial charge on any atom is 0.251 e. The van der Waals surface area contributed by atoms with Gasteiger partial charge in [0.15, 0.2) is 5.16 Å². The van der Waals surface area contributed by atoms with E-state index in [1.54, 1.807) is 31.3 Å². The van der Waals surface area contributed by atoms with Crippen LogP contribution in [0.2, 0.25) is 0 Å². The van der Waals surface area contributed by atoms with E-state index in [2.05, 4.69) is 25.9 Å². The molecule has 1 amide bonds. The molecule has 5 aromatic rings. The number of ether oxygens (including phenoxy) is 1. The second-order valence-corrected chi connectivity index (χ2v) is 9.13. The van der Waals surface area contributed by atoms with E-state index < -0.39 is 0 Å². The zero-order chi connectivity index (χ0) is 24.7. The second-order valence-electron chi connectivity index (χ2n) is 8.19. The number of nitrogens with zero attached hydrogens (tertiary/aromatic N) is 4. The van der Waals surface area contributed by atoms with Crippen molar-refractivity contribution in [1.29, 1.82) is 0 Å². The van der Waals surface area contributed by atoms with Gasteiger partial charge < -0.3 is 14.6 Å². The molecule has 0 saturated carbocycles. The van der Waals surface area contributed by atoms with Crippen molar-refractivity contribution >= 4 is 28.7 Å². The van der Waals surface area contributed by atoms with Crippen LogP contribution in [0.3, 0.4) is 0 Å². The zero-order valence-corrected chi connectivity index (χ0v) is 20.6. The van der Waals surface area contributed by atoms with E-state index in [0.717, 1.165) is 44.5 Å². The first kappa shape index (κ1) is 23.6. The Labute approximate surface area is 213 Å². The Balaban J connectivity index is 1.31. The van der Waals surface area contributed by atoms with Gasteiger partial charge in [0, 0.05) is 23.7 Å². The Morgan fingerprint density at radius 2 is 1.89 bits per heavy atom. The lowest BCUT2D eigenvalue weighted by atomic mass is 10.1. The van der Waals surface area contributed by atoms with Gasteiger partial charge in [-0.1, -0.05) is 42.1 Å². The molecule has 0 unspecified atom stereocenters. The molecule has 0 spiro atoms. The third-order valence-corrected chi connectivity index (χ3v) is 6.78. The van der Waals surface area contributed by atoms with Crippen molar-refractivity contribution in [3.05, 3.63) is 114 Å². The normalized spacial score (nSPS) is 10.9. The number of hydrogen-bond acceptors (Lipinski definition) is 6. The minimum atomic E-state index is -0.126. The largest absolute Gasteiger partial charge is 0.497 e. The Morgan fingerprint density at radius 1 is 1.00 bits per heavy atom. The number of methoxy groups -OCH3 is 1. The van der Waals surface area contributed by atoms with Gasteiger partial charge in [-0.3, -0.25) is 14.8 Å². The first-order valence-electron chi connectivity index (χ1n) is 11.5. The van der Waals surface area contributed by atoms with Gasteiger partial charge in [0.05, 0.1) is 43.1 Å². The monoisotopic (exact) mass is 495 g/mol. The summed E-state index contributed by atoms with van der Waals surface area (Å²) in [4.78, 5) is 26.0. The van der Waals surface area contributed by atoms with Crippen LogP contribution >= 0.6 is 11.8 Å². The number of carbonyl (C=O) groups excluding carboxylic acids is 1. The van der Waals surface area contributed by atoms with Crippen molar-refractivity contribution in [2.75, 3.05) is 7.11 Å². The summed E-state index contributed by atoms with van der Waals surface area (Å²) in [6.07, 6.45) is 5.32. The molecule has 0 bridgehead atoms. The van der Waals surface area contributed by atoms with Crippen molar-refractivity contribution in [2.24, 2.45) is 0 Å². The van der Waals surface area contributed by atoms with Gasteiger partial charge >= 0.3 is 0 Å². The molecule has 0 aliphatic heterocycles. The fraction of sp³-hybridized carbons (Fsp3) is 0.143. The lowest BCUT2D eigenvalue weighted by Gasteiger charge is -2.10. The van der Waals surface area contributed by atoms with Gasteiger partial charge in [0.1, 0.15) is 5.75 Å². The Morgan fingerprint density at radius 3 is 2.69 bits per heavy atom. The number of carbonyl (C=O) groups is 1. The van der Waals surface area contributed by atoms with Crippen LogP contribution in [0.15, 0.2) is 96.5 Å². The van der Waals surface area contributed by atoms with Crippen LogP contribution in [-0.4, -0.2) is 32.5 Å². The molecule has 0 aliphatic carbocycles. The predicted molar refractivity (Wildman–Crippen MR) is 141 cm³/mol. The zero-order valence-electron chi connectivity index (χ0n) is 19.8. The fourth-order valence-electron chi connectivity index (χ4n) is 3.84. The number of fused-ring (bicyclic) bond motifs is 1. The van der Waals surface area contributed by atoms with Gasteiger partial charge in [-0.25, -0.2) is 4.98 Å². The van der Waals surface area contributed by atoms with E-state index in [9.17, 15) is 4.79 Å². The molecule has 0 radical (unpaired) electrons. The van der Waals surface area contributed by atoms with E-state index >= 15 is 0 Å². The Hall–Kier alpha value is -4.17. The van der Waals surface area contributed by atoms with Crippen LogP contribution in [0.5, 0.6) is 5.75 Å². The lowest BCUT2D eigenvalue weighted by Crippen LogP contribution is -2.23. The van der Waals surface area contributed by atoms with Gasteiger partial charge in [-0.05, 0) is 53.6 Å². The molecular weight excluding hydrogens is 470 g/mol. The van der Waals surface area contributed by atoms with Crippen LogP contribution in [0.1, 0.15) is 27.2 Å². The molecule has 3 heterocycles. The quantitative estimate of drug-likeness (QED) is 0.286. The van der Waals surface area contributed by atoms with E-state index in [-0.39, 0.29) is 5.91 Å². The van der Waals surface area contributed by atoms with Crippen LogP contribution in [0.4, 0.5) is 0 Å². The van der Waals surface area contributed by atoms with Crippen LogP contribution < -0.4 is 10.1 Å². The van der Waals surface area contributed by atoms with Gasteiger partial charge in [-0.15, -0.1) is 0 Å². The number of amides is 1. The molecule has 0 saturated heterocycles. The number of rotatable bonds is 9. The Kier molecular flexibility index (Phi) is 7.23. The molecule has 0 atom stereocenters. The number of pyridine rings is 2. The highest BCUT2D eigenvalue weighted by Gasteiger charge is 2.13. The number of benzene rings is 2. The first-order valence-corrected chi connectivity index (χ1v) is 12.5. The minimum Gasteiger partial charge on any atom is -0.497 e. The lowest BCUT2D eigenvalue weighted by molar-refractivity contribution is 0.0950. The third-order valence-electron chi connectivity index (χ3n) is 5.73. The molecular formula is C28H25N5O2S.